The minimum atomic E-state index is -1.68. The van der Waals surface area contributed by atoms with E-state index >= 15 is 0 Å². The molecular formula is C17H16N6O2S. The monoisotopic (exact) mass is 368 g/mol. The van der Waals surface area contributed by atoms with Crippen molar-refractivity contribution < 1.29 is 9.00 Å². The van der Waals surface area contributed by atoms with E-state index in [1.54, 1.807) is 6.07 Å². The van der Waals surface area contributed by atoms with Crippen LogP contribution in [0.4, 0.5) is 11.5 Å². The van der Waals surface area contributed by atoms with Crippen molar-refractivity contribution in [2.45, 2.75) is 11.9 Å². The van der Waals surface area contributed by atoms with Crippen LogP contribution in [0.25, 0.3) is 11.3 Å². The molecule has 132 valence electrons. The highest BCUT2D eigenvalue weighted by Gasteiger charge is 2.15. The van der Waals surface area contributed by atoms with Crippen LogP contribution < -0.4 is 16.2 Å². The molecule has 26 heavy (non-hydrogen) atoms. The van der Waals surface area contributed by atoms with Crippen molar-refractivity contribution in [2.24, 2.45) is 5.14 Å². The number of anilines is 2. The van der Waals surface area contributed by atoms with Crippen LogP contribution in [0.5, 0.6) is 0 Å². The van der Waals surface area contributed by atoms with E-state index in [0.29, 0.717) is 11.4 Å². The SMILES string of the molecule is Cc1ccc(-c2cnc(N)c(C(=O)Nc3ccc(S(N)=O)nc3)n2)cc1. The fraction of sp³-hybridized carbons (Fsp3) is 0.0588. The smallest absolute Gasteiger partial charge is 0.278 e. The second kappa shape index (κ2) is 7.38. The van der Waals surface area contributed by atoms with Crippen molar-refractivity contribution in [3.63, 3.8) is 0 Å². The van der Waals surface area contributed by atoms with Crippen LogP contribution in [-0.2, 0) is 11.0 Å². The molecule has 0 radical (unpaired) electrons. The average Bonchev–Trinajstić information content (AvgIpc) is 2.63. The molecule has 0 saturated carbocycles. The lowest BCUT2D eigenvalue weighted by molar-refractivity contribution is 0.102. The number of aryl methyl sites for hydroxylation is 1. The lowest BCUT2D eigenvalue weighted by atomic mass is 10.1. The number of amides is 1. The summed E-state index contributed by atoms with van der Waals surface area (Å²) in [7, 11) is -1.68. The van der Waals surface area contributed by atoms with Crippen LogP contribution in [0.1, 0.15) is 16.1 Å². The summed E-state index contributed by atoms with van der Waals surface area (Å²) in [5.41, 5.74) is 8.69. The maximum Gasteiger partial charge on any atom is 0.278 e. The van der Waals surface area contributed by atoms with Crippen molar-refractivity contribution in [3.8, 4) is 11.3 Å². The molecule has 0 aliphatic rings. The minimum absolute atomic E-state index is 0.00885. The van der Waals surface area contributed by atoms with Gasteiger partial charge in [0.1, 0.15) is 16.0 Å². The van der Waals surface area contributed by atoms with Crippen LogP contribution in [0.3, 0.4) is 0 Å². The molecule has 0 bridgehead atoms. The normalized spacial score (nSPS) is 11.8. The molecule has 0 aliphatic heterocycles. The van der Waals surface area contributed by atoms with Gasteiger partial charge in [-0.1, -0.05) is 29.8 Å². The first kappa shape index (κ1) is 17.6. The summed E-state index contributed by atoms with van der Waals surface area (Å²) >= 11 is 0. The van der Waals surface area contributed by atoms with Gasteiger partial charge in [0, 0.05) is 5.56 Å². The number of pyridine rings is 1. The zero-order valence-corrected chi connectivity index (χ0v) is 14.7. The molecule has 0 fully saturated rings. The van der Waals surface area contributed by atoms with Crippen molar-refractivity contribution >= 4 is 28.4 Å². The predicted molar refractivity (Wildman–Crippen MR) is 99.4 cm³/mol. The van der Waals surface area contributed by atoms with Crippen LogP contribution >= 0.6 is 0 Å². The van der Waals surface area contributed by atoms with Gasteiger partial charge in [-0.2, -0.15) is 0 Å². The number of nitrogens with one attached hydrogen (secondary N) is 1. The maximum absolute atomic E-state index is 12.5. The van der Waals surface area contributed by atoms with Gasteiger partial charge in [-0.05, 0) is 19.1 Å². The molecule has 3 aromatic rings. The molecular weight excluding hydrogens is 352 g/mol. The van der Waals surface area contributed by atoms with Crippen molar-refractivity contribution in [2.75, 3.05) is 11.1 Å². The number of carbonyl (C=O) groups is 1. The van der Waals surface area contributed by atoms with Crippen molar-refractivity contribution in [1.82, 2.24) is 15.0 Å². The second-order valence-electron chi connectivity index (χ2n) is 5.49. The summed E-state index contributed by atoms with van der Waals surface area (Å²) in [5.74, 6) is -0.501. The Hall–Kier alpha value is -3.17. The van der Waals surface area contributed by atoms with E-state index in [1.807, 2.05) is 31.2 Å². The zero-order chi connectivity index (χ0) is 18.7. The number of nitrogens with two attached hydrogens (primary N) is 2. The number of aromatic nitrogens is 3. The molecule has 3 rings (SSSR count). The third kappa shape index (κ3) is 3.90. The topological polar surface area (TPSA) is 137 Å². The number of rotatable bonds is 4. The fourth-order valence-electron chi connectivity index (χ4n) is 2.19. The first-order valence-corrected chi connectivity index (χ1v) is 8.78. The molecule has 0 saturated heterocycles. The average molecular weight is 368 g/mol. The van der Waals surface area contributed by atoms with Gasteiger partial charge in [0.15, 0.2) is 11.5 Å². The molecule has 1 unspecified atom stereocenters. The summed E-state index contributed by atoms with van der Waals surface area (Å²) in [6.45, 7) is 1.98. The van der Waals surface area contributed by atoms with Gasteiger partial charge in [-0.15, -0.1) is 0 Å². The first-order valence-electron chi connectivity index (χ1n) is 7.57. The van der Waals surface area contributed by atoms with E-state index in [4.69, 9.17) is 10.9 Å². The van der Waals surface area contributed by atoms with Gasteiger partial charge >= 0.3 is 0 Å². The highest BCUT2D eigenvalue weighted by atomic mass is 32.2. The second-order valence-corrected chi connectivity index (χ2v) is 6.50. The summed E-state index contributed by atoms with van der Waals surface area (Å²) in [6, 6.07) is 10.7. The van der Waals surface area contributed by atoms with E-state index in [0.717, 1.165) is 11.1 Å². The van der Waals surface area contributed by atoms with E-state index in [-0.39, 0.29) is 16.5 Å². The Kier molecular flexibility index (Phi) is 5.01. The van der Waals surface area contributed by atoms with Crippen molar-refractivity contribution in [3.05, 3.63) is 60.0 Å². The summed E-state index contributed by atoms with van der Waals surface area (Å²) in [5, 5.41) is 8.09. The van der Waals surface area contributed by atoms with E-state index in [2.05, 4.69) is 20.3 Å². The Morgan fingerprint density at radius 3 is 2.42 bits per heavy atom. The molecule has 9 heteroatoms. The molecule has 1 atom stereocenters. The molecule has 0 aliphatic carbocycles. The van der Waals surface area contributed by atoms with Gasteiger partial charge in [0.05, 0.1) is 23.8 Å². The Labute approximate surface area is 152 Å². The maximum atomic E-state index is 12.5. The molecule has 1 aromatic carbocycles. The van der Waals surface area contributed by atoms with Gasteiger partial charge < -0.3 is 11.1 Å². The third-order valence-corrected chi connectivity index (χ3v) is 4.22. The minimum Gasteiger partial charge on any atom is -0.382 e. The number of benzene rings is 1. The first-order chi connectivity index (χ1) is 12.4. The third-order valence-electron chi connectivity index (χ3n) is 3.56. The lowest BCUT2D eigenvalue weighted by Gasteiger charge is -2.08. The summed E-state index contributed by atoms with van der Waals surface area (Å²) in [4.78, 5) is 24.8. The highest BCUT2D eigenvalue weighted by Crippen LogP contribution is 2.20. The Balaban J connectivity index is 1.85. The predicted octanol–water partition coefficient (Wildman–Crippen LogP) is 1.66. The highest BCUT2D eigenvalue weighted by molar-refractivity contribution is 7.82. The van der Waals surface area contributed by atoms with Crippen LogP contribution in [0.2, 0.25) is 0 Å². The van der Waals surface area contributed by atoms with Gasteiger partial charge in [0.2, 0.25) is 0 Å². The fourth-order valence-corrected chi connectivity index (χ4v) is 2.55. The van der Waals surface area contributed by atoms with Gasteiger partial charge in [0.25, 0.3) is 5.91 Å². The standard InChI is InChI=1S/C17H16N6O2S/c1-10-2-4-11(5-3-10)13-9-21-16(18)15(23-13)17(24)22-12-6-7-14(20-8-12)26(19)25/h2-9H,19H2,1H3,(H2,18,21)(H,22,24). The van der Waals surface area contributed by atoms with Crippen molar-refractivity contribution in [1.29, 1.82) is 0 Å². The quantitative estimate of drug-likeness (QED) is 0.640. The lowest BCUT2D eigenvalue weighted by Crippen LogP contribution is -2.17. The largest absolute Gasteiger partial charge is 0.382 e. The summed E-state index contributed by atoms with van der Waals surface area (Å²) < 4.78 is 11.1. The van der Waals surface area contributed by atoms with Crippen LogP contribution in [0, 0.1) is 6.92 Å². The molecule has 2 heterocycles. The summed E-state index contributed by atoms with van der Waals surface area (Å²) in [6.07, 6.45) is 2.87. The van der Waals surface area contributed by atoms with E-state index in [1.165, 1.54) is 18.5 Å². The van der Waals surface area contributed by atoms with Crippen LogP contribution in [-0.4, -0.2) is 25.1 Å². The molecule has 2 aromatic heterocycles. The molecule has 8 nitrogen and oxygen atoms in total. The van der Waals surface area contributed by atoms with Gasteiger partial charge in [-0.25, -0.2) is 24.3 Å². The number of hydrogen-bond acceptors (Lipinski definition) is 6. The Morgan fingerprint density at radius 2 is 1.81 bits per heavy atom. The Bertz CT molecular complexity index is 974. The number of nitrogens with zero attached hydrogens (tertiary/aromatic N) is 3. The number of carbonyl (C=O) groups excluding carboxylic acids is 1. The Morgan fingerprint density at radius 1 is 1.08 bits per heavy atom. The number of nitrogen functional groups attached to an aromatic ring is 1. The van der Waals surface area contributed by atoms with Gasteiger partial charge in [-0.3, -0.25) is 4.79 Å². The number of hydrogen-bond donors (Lipinski definition) is 3. The van der Waals surface area contributed by atoms with E-state index in [9.17, 15) is 9.00 Å². The molecule has 1 amide bonds. The van der Waals surface area contributed by atoms with E-state index < -0.39 is 16.9 Å². The van der Waals surface area contributed by atoms with Crippen LogP contribution in [0.15, 0.2) is 53.8 Å². The molecule has 5 N–H and O–H groups in total. The zero-order valence-electron chi connectivity index (χ0n) is 13.8. The molecule has 0 spiro atoms.